The zero-order valence-corrected chi connectivity index (χ0v) is 14.9. The van der Waals surface area contributed by atoms with Crippen LogP contribution in [-0.4, -0.2) is 43.8 Å². The van der Waals surface area contributed by atoms with Gasteiger partial charge < -0.3 is 4.90 Å². The molecule has 5 heteroatoms. The molecule has 1 amide bonds. The Morgan fingerprint density at radius 3 is 2.13 bits per heavy atom. The minimum Gasteiger partial charge on any atom is -0.342 e. The average molecular weight is 335 g/mol. The monoisotopic (exact) mass is 335 g/mol. The van der Waals surface area contributed by atoms with Gasteiger partial charge in [0, 0.05) is 13.1 Å². The molecule has 2 heterocycles. The fraction of sp³-hybridized carbons (Fsp3) is 0.611. The Morgan fingerprint density at radius 1 is 1.09 bits per heavy atom. The molecular weight excluding hydrogens is 310 g/mol. The number of likely N-dealkylation sites (tertiary alicyclic amines) is 1. The second kappa shape index (κ2) is 5.62. The molecule has 2 saturated heterocycles. The number of hydrogen-bond donors (Lipinski definition) is 0. The number of carbonyl (C=O) groups excluding carboxylic acids is 1. The molecule has 0 radical (unpaired) electrons. The van der Waals surface area contributed by atoms with Crippen LogP contribution in [0.5, 0.6) is 0 Å². The topological polar surface area (TPSA) is 54.5 Å². The average Bonchev–Trinajstić information content (AvgIpc) is 2.34. The lowest BCUT2D eigenvalue weighted by Crippen LogP contribution is -2.58. The van der Waals surface area contributed by atoms with Crippen molar-refractivity contribution in [2.45, 2.75) is 32.6 Å². The van der Waals surface area contributed by atoms with E-state index in [0.29, 0.717) is 23.8 Å². The summed E-state index contributed by atoms with van der Waals surface area (Å²) in [4.78, 5) is 14.1. The van der Waals surface area contributed by atoms with E-state index in [1.165, 1.54) is 5.56 Å². The van der Waals surface area contributed by atoms with E-state index in [9.17, 15) is 13.2 Å². The molecule has 0 spiro atoms. The lowest BCUT2D eigenvalue weighted by atomic mass is 9.86. The smallest absolute Gasteiger partial charge is 0.227 e. The number of amides is 1. The molecule has 2 fully saturated rings. The van der Waals surface area contributed by atoms with Crippen LogP contribution < -0.4 is 0 Å². The van der Waals surface area contributed by atoms with Gasteiger partial charge in [-0.3, -0.25) is 4.79 Å². The molecular formula is C18H25NO3S. The van der Waals surface area contributed by atoms with Crippen molar-refractivity contribution < 1.29 is 13.2 Å². The highest BCUT2D eigenvalue weighted by Gasteiger charge is 2.44. The molecule has 0 saturated carbocycles. The van der Waals surface area contributed by atoms with E-state index in [1.807, 2.05) is 17.0 Å². The first-order chi connectivity index (χ1) is 10.6. The predicted molar refractivity (Wildman–Crippen MR) is 91.1 cm³/mol. The van der Waals surface area contributed by atoms with E-state index in [-0.39, 0.29) is 17.2 Å². The fourth-order valence-corrected chi connectivity index (χ4v) is 5.05. The number of benzene rings is 1. The molecule has 2 aliphatic rings. The third-order valence-corrected chi connectivity index (χ3v) is 6.91. The van der Waals surface area contributed by atoms with E-state index < -0.39 is 9.84 Å². The molecule has 0 aromatic heterocycles. The Bertz CT molecular complexity index is 683. The highest BCUT2D eigenvalue weighted by atomic mass is 32.2. The van der Waals surface area contributed by atoms with E-state index >= 15 is 0 Å². The van der Waals surface area contributed by atoms with Crippen molar-refractivity contribution in [3.63, 3.8) is 0 Å². The van der Waals surface area contributed by atoms with Crippen LogP contribution in [0.25, 0.3) is 0 Å². The number of sulfone groups is 1. The standard InChI is InChI=1S/C18H25NO3S/c1-18(2,3)16-6-4-13(5-7-16)8-17(20)19-9-14(10-19)15-11-23(21,22)12-15/h4-7,14-15H,8-12H2,1-3H3. The summed E-state index contributed by atoms with van der Waals surface area (Å²) in [5.41, 5.74) is 2.43. The van der Waals surface area contributed by atoms with Crippen LogP contribution in [0.3, 0.4) is 0 Å². The molecule has 1 aromatic carbocycles. The molecule has 0 unspecified atom stereocenters. The van der Waals surface area contributed by atoms with Gasteiger partial charge in [0.05, 0.1) is 17.9 Å². The number of rotatable bonds is 3. The van der Waals surface area contributed by atoms with Crippen LogP contribution >= 0.6 is 0 Å². The molecule has 4 nitrogen and oxygen atoms in total. The van der Waals surface area contributed by atoms with Crippen LogP contribution in [0.4, 0.5) is 0 Å². The molecule has 3 rings (SSSR count). The largest absolute Gasteiger partial charge is 0.342 e. The Kier molecular flexibility index (Phi) is 4.03. The van der Waals surface area contributed by atoms with Crippen LogP contribution in [0.1, 0.15) is 31.9 Å². The van der Waals surface area contributed by atoms with Gasteiger partial charge in [-0.05, 0) is 28.4 Å². The van der Waals surface area contributed by atoms with Gasteiger partial charge >= 0.3 is 0 Å². The molecule has 23 heavy (non-hydrogen) atoms. The second-order valence-corrected chi connectivity index (χ2v) is 10.2. The number of nitrogens with zero attached hydrogens (tertiary/aromatic N) is 1. The molecule has 0 bridgehead atoms. The fourth-order valence-electron chi connectivity index (χ4n) is 3.30. The minimum atomic E-state index is -2.76. The van der Waals surface area contributed by atoms with Gasteiger partial charge in [-0.2, -0.15) is 0 Å². The molecule has 1 aromatic rings. The SMILES string of the molecule is CC(C)(C)c1ccc(CC(=O)N2CC(C3CS(=O)(=O)C3)C2)cc1. The van der Waals surface area contributed by atoms with Crippen molar-refractivity contribution in [3.8, 4) is 0 Å². The third-order valence-electron chi connectivity index (χ3n) is 5.04. The molecule has 0 aliphatic carbocycles. The lowest BCUT2D eigenvalue weighted by molar-refractivity contribution is -0.137. The van der Waals surface area contributed by atoms with E-state index in [4.69, 9.17) is 0 Å². The highest BCUT2D eigenvalue weighted by molar-refractivity contribution is 7.92. The first-order valence-corrected chi connectivity index (χ1v) is 10.0. The van der Waals surface area contributed by atoms with Crippen molar-refractivity contribution in [2.75, 3.05) is 24.6 Å². The Balaban J connectivity index is 1.49. The van der Waals surface area contributed by atoms with E-state index in [1.54, 1.807) is 0 Å². The molecule has 126 valence electrons. The van der Waals surface area contributed by atoms with Gasteiger partial charge in [-0.25, -0.2) is 8.42 Å². The summed E-state index contributed by atoms with van der Waals surface area (Å²) in [6.45, 7) is 7.97. The predicted octanol–water partition coefficient (Wildman–Crippen LogP) is 2.03. The van der Waals surface area contributed by atoms with Crippen LogP contribution in [0.2, 0.25) is 0 Å². The van der Waals surface area contributed by atoms with E-state index in [0.717, 1.165) is 18.7 Å². The van der Waals surface area contributed by atoms with Gasteiger partial charge in [0.2, 0.25) is 5.91 Å². The molecule has 0 N–H and O–H groups in total. The molecule has 0 atom stereocenters. The van der Waals surface area contributed by atoms with Gasteiger partial charge in [-0.1, -0.05) is 45.0 Å². The van der Waals surface area contributed by atoms with Crippen molar-refractivity contribution >= 4 is 15.7 Å². The van der Waals surface area contributed by atoms with Crippen molar-refractivity contribution in [3.05, 3.63) is 35.4 Å². The highest BCUT2D eigenvalue weighted by Crippen LogP contribution is 2.33. The number of carbonyl (C=O) groups is 1. The minimum absolute atomic E-state index is 0.121. The van der Waals surface area contributed by atoms with Crippen molar-refractivity contribution in [2.24, 2.45) is 11.8 Å². The second-order valence-electron chi connectivity index (χ2n) is 8.02. The maximum absolute atomic E-state index is 12.3. The van der Waals surface area contributed by atoms with Gasteiger partial charge in [0.15, 0.2) is 9.84 Å². The normalized spacial score (nSPS) is 21.6. The van der Waals surface area contributed by atoms with Crippen LogP contribution in [0, 0.1) is 11.8 Å². The third kappa shape index (κ3) is 3.60. The summed E-state index contributed by atoms with van der Waals surface area (Å²) in [5, 5.41) is 0. The summed E-state index contributed by atoms with van der Waals surface area (Å²) in [6, 6.07) is 8.27. The first-order valence-electron chi connectivity index (χ1n) is 8.22. The zero-order chi connectivity index (χ0) is 16.8. The van der Waals surface area contributed by atoms with Crippen LogP contribution in [0.15, 0.2) is 24.3 Å². The first kappa shape index (κ1) is 16.5. The maximum Gasteiger partial charge on any atom is 0.227 e. The van der Waals surface area contributed by atoms with Crippen LogP contribution in [-0.2, 0) is 26.5 Å². The van der Waals surface area contributed by atoms with E-state index in [2.05, 4.69) is 32.9 Å². The zero-order valence-electron chi connectivity index (χ0n) is 14.1. The summed E-state index contributed by atoms with van der Waals surface area (Å²) < 4.78 is 22.4. The van der Waals surface area contributed by atoms with Gasteiger partial charge in [0.25, 0.3) is 0 Å². The summed E-state index contributed by atoms with van der Waals surface area (Å²) in [5.74, 6) is 1.43. The summed E-state index contributed by atoms with van der Waals surface area (Å²) in [6.07, 6.45) is 0.431. The summed E-state index contributed by atoms with van der Waals surface area (Å²) >= 11 is 0. The summed E-state index contributed by atoms with van der Waals surface area (Å²) in [7, 11) is -2.76. The Labute approximate surface area is 138 Å². The van der Waals surface area contributed by atoms with Crippen molar-refractivity contribution in [1.82, 2.24) is 4.90 Å². The van der Waals surface area contributed by atoms with Gasteiger partial charge in [0.1, 0.15) is 0 Å². The molecule has 2 aliphatic heterocycles. The van der Waals surface area contributed by atoms with Crippen molar-refractivity contribution in [1.29, 1.82) is 0 Å². The lowest BCUT2D eigenvalue weighted by Gasteiger charge is -2.46. The van der Waals surface area contributed by atoms with Gasteiger partial charge in [-0.15, -0.1) is 0 Å². The quantitative estimate of drug-likeness (QED) is 0.849. The maximum atomic E-state index is 12.3. The number of hydrogen-bond acceptors (Lipinski definition) is 3. The Morgan fingerprint density at radius 2 is 1.65 bits per heavy atom. The Hall–Kier alpha value is -1.36.